The van der Waals surface area contributed by atoms with Gasteiger partial charge in [0.15, 0.2) is 0 Å². The number of rotatable bonds is 6. The van der Waals surface area contributed by atoms with Crippen LogP contribution in [0.2, 0.25) is 5.02 Å². The maximum Gasteiger partial charge on any atom is 0.253 e. The van der Waals surface area contributed by atoms with Crippen LogP contribution >= 0.6 is 11.6 Å². The Bertz CT molecular complexity index is 1010. The van der Waals surface area contributed by atoms with Crippen molar-refractivity contribution < 1.29 is 9.53 Å². The molecule has 1 fully saturated rings. The van der Waals surface area contributed by atoms with E-state index in [9.17, 15) is 4.79 Å². The van der Waals surface area contributed by atoms with Crippen molar-refractivity contribution in [3.63, 3.8) is 0 Å². The first-order valence-electron chi connectivity index (χ1n) is 10.6. The molecule has 0 radical (unpaired) electrons. The van der Waals surface area contributed by atoms with Crippen molar-refractivity contribution in [2.24, 2.45) is 0 Å². The monoisotopic (exact) mass is 434 g/mol. The second-order valence-electron chi connectivity index (χ2n) is 8.00. The van der Waals surface area contributed by atoms with Crippen molar-refractivity contribution in [1.29, 1.82) is 0 Å². The van der Waals surface area contributed by atoms with Gasteiger partial charge in [0.25, 0.3) is 5.91 Å². The van der Waals surface area contributed by atoms with E-state index in [1.54, 1.807) is 12.1 Å². The average Bonchev–Trinajstić information content (AvgIpc) is 2.79. The summed E-state index contributed by atoms with van der Waals surface area (Å²) < 4.78 is 5.77. The van der Waals surface area contributed by atoms with Crippen molar-refractivity contribution in [3.8, 4) is 5.75 Å². The van der Waals surface area contributed by atoms with Gasteiger partial charge in [-0.2, -0.15) is 0 Å². The molecule has 0 unspecified atom stereocenters. The molecule has 0 aliphatic carbocycles. The summed E-state index contributed by atoms with van der Waals surface area (Å²) in [6, 6.07) is 23.6. The summed E-state index contributed by atoms with van der Waals surface area (Å²) in [5, 5.41) is 0.686. The van der Waals surface area contributed by atoms with Gasteiger partial charge in [0.1, 0.15) is 12.4 Å². The molecule has 3 aromatic rings. The topological polar surface area (TPSA) is 32.8 Å². The molecule has 5 heteroatoms. The molecule has 1 saturated heterocycles. The Morgan fingerprint density at radius 3 is 2.29 bits per heavy atom. The van der Waals surface area contributed by atoms with E-state index in [0.29, 0.717) is 11.6 Å². The number of aryl methyl sites for hydroxylation is 1. The van der Waals surface area contributed by atoms with Crippen LogP contribution in [0.15, 0.2) is 72.8 Å². The third-order valence-corrected chi connectivity index (χ3v) is 5.82. The Kier molecular flexibility index (Phi) is 6.90. The van der Waals surface area contributed by atoms with E-state index in [-0.39, 0.29) is 5.91 Å². The van der Waals surface area contributed by atoms with Crippen LogP contribution in [0.25, 0.3) is 0 Å². The normalized spacial score (nSPS) is 14.5. The lowest BCUT2D eigenvalue weighted by molar-refractivity contribution is 0.0628. The van der Waals surface area contributed by atoms with E-state index in [1.807, 2.05) is 41.3 Å². The lowest BCUT2D eigenvalue weighted by atomic mass is 10.1. The smallest absolute Gasteiger partial charge is 0.253 e. The molecule has 1 heterocycles. The fourth-order valence-electron chi connectivity index (χ4n) is 3.80. The highest BCUT2D eigenvalue weighted by Crippen LogP contribution is 2.18. The summed E-state index contributed by atoms with van der Waals surface area (Å²) in [6.45, 7) is 6.81. The molecule has 0 bridgehead atoms. The number of carbonyl (C=O) groups excluding carboxylic acids is 1. The molecule has 3 aromatic carbocycles. The molecule has 1 aliphatic heterocycles. The fourth-order valence-corrected chi connectivity index (χ4v) is 3.93. The summed E-state index contributed by atoms with van der Waals surface area (Å²) in [7, 11) is 0. The molecule has 0 atom stereocenters. The second kappa shape index (κ2) is 9.99. The number of hydrogen-bond acceptors (Lipinski definition) is 3. The summed E-state index contributed by atoms with van der Waals surface area (Å²) >= 11 is 5.90. The van der Waals surface area contributed by atoms with Gasteiger partial charge in [0.05, 0.1) is 0 Å². The van der Waals surface area contributed by atoms with Crippen LogP contribution in [0.5, 0.6) is 5.75 Å². The van der Waals surface area contributed by atoms with Crippen LogP contribution in [0, 0.1) is 6.92 Å². The minimum absolute atomic E-state index is 0.0976. The van der Waals surface area contributed by atoms with E-state index >= 15 is 0 Å². The van der Waals surface area contributed by atoms with Crippen LogP contribution in [0.1, 0.15) is 27.0 Å². The van der Waals surface area contributed by atoms with Crippen molar-refractivity contribution >= 4 is 17.5 Å². The lowest BCUT2D eigenvalue weighted by Gasteiger charge is -2.34. The summed E-state index contributed by atoms with van der Waals surface area (Å²) in [4.78, 5) is 17.3. The Morgan fingerprint density at radius 1 is 0.903 bits per heavy atom. The zero-order chi connectivity index (χ0) is 21.6. The third-order valence-electron chi connectivity index (χ3n) is 5.57. The minimum atomic E-state index is 0.0976. The molecular formula is C26H27ClN2O2. The van der Waals surface area contributed by atoms with E-state index in [1.165, 1.54) is 11.1 Å². The SMILES string of the molecule is Cc1cccc(CN2CCN(C(=O)c3ccc(COc4ccc(Cl)cc4)cc3)CC2)c1. The van der Waals surface area contributed by atoms with Gasteiger partial charge in [-0.15, -0.1) is 0 Å². The molecule has 31 heavy (non-hydrogen) atoms. The van der Waals surface area contributed by atoms with Crippen LogP contribution < -0.4 is 4.74 Å². The first-order chi connectivity index (χ1) is 15.1. The first-order valence-corrected chi connectivity index (χ1v) is 11.0. The van der Waals surface area contributed by atoms with Crippen molar-refractivity contribution in [2.45, 2.75) is 20.1 Å². The molecule has 4 nitrogen and oxygen atoms in total. The number of nitrogens with zero attached hydrogens (tertiary/aromatic N) is 2. The highest BCUT2D eigenvalue weighted by atomic mass is 35.5. The Morgan fingerprint density at radius 2 is 1.61 bits per heavy atom. The predicted octanol–water partition coefficient (Wildman–Crippen LogP) is 5.19. The van der Waals surface area contributed by atoms with Gasteiger partial charge in [0.2, 0.25) is 0 Å². The molecule has 1 amide bonds. The number of ether oxygens (including phenoxy) is 1. The maximum atomic E-state index is 12.9. The van der Waals surface area contributed by atoms with E-state index in [4.69, 9.17) is 16.3 Å². The number of carbonyl (C=O) groups is 1. The average molecular weight is 435 g/mol. The largest absolute Gasteiger partial charge is 0.489 e. The fraction of sp³-hybridized carbons (Fsp3) is 0.269. The van der Waals surface area contributed by atoms with Gasteiger partial charge in [-0.1, -0.05) is 53.6 Å². The Balaban J connectivity index is 1.27. The molecular weight excluding hydrogens is 408 g/mol. The quantitative estimate of drug-likeness (QED) is 0.535. The molecule has 1 aliphatic rings. The van der Waals surface area contributed by atoms with E-state index < -0.39 is 0 Å². The number of amides is 1. The molecule has 0 N–H and O–H groups in total. The zero-order valence-corrected chi connectivity index (χ0v) is 18.5. The molecule has 0 spiro atoms. The maximum absolute atomic E-state index is 12.9. The van der Waals surface area contributed by atoms with Gasteiger partial charge in [-0.3, -0.25) is 9.69 Å². The Labute approximate surface area is 189 Å². The molecule has 160 valence electrons. The summed E-state index contributed by atoms with van der Waals surface area (Å²) in [5.74, 6) is 0.869. The Hall–Kier alpha value is -2.82. The van der Waals surface area contributed by atoms with Gasteiger partial charge in [-0.25, -0.2) is 0 Å². The van der Waals surface area contributed by atoms with Crippen molar-refractivity contribution in [2.75, 3.05) is 26.2 Å². The number of halogens is 1. The van der Waals surface area contributed by atoms with Gasteiger partial charge < -0.3 is 9.64 Å². The standard InChI is InChI=1S/C26H27ClN2O2/c1-20-3-2-4-22(17-20)18-28-13-15-29(16-14-28)26(30)23-7-5-21(6-8-23)19-31-25-11-9-24(27)10-12-25/h2-12,17H,13-16,18-19H2,1H3. The van der Waals surface area contributed by atoms with Gasteiger partial charge in [-0.05, 0) is 54.4 Å². The number of benzene rings is 3. The summed E-state index contributed by atoms with van der Waals surface area (Å²) in [5.41, 5.74) is 4.36. The van der Waals surface area contributed by atoms with Crippen LogP contribution in [-0.2, 0) is 13.2 Å². The van der Waals surface area contributed by atoms with Crippen LogP contribution in [0.3, 0.4) is 0 Å². The van der Waals surface area contributed by atoms with Crippen molar-refractivity contribution in [3.05, 3.63) is 100 Å². The summed E-state index contributed by atoms with van der Waals surface area (Å²) in [6.07, 6.45) is 0. The highest BCUT2D eigenvalue weighted by Gasteiger charge is 2.22. The van der Waals surface area contributed by atoms with E-state index in [0.717, 1.165) is 49.6 Å². The predicted molar refractivity (Wildman–Crippen MR) is 125 cm³/mol. The number of piperazine rings is 1. The molecule has 4 rings (SSSR count). The second-order valence-corrected chi connectivity index (χ2v) is 8.43. The van der Waals surface area contributed by atoms with Gasteiger partial charge in [0, 0.05) is 43.3 Å². The third kappa shape index (κ3) is 5.87. The number of hydrogen-bond donors (Lipinski definition) is 0. The minimum Gasteiger partial charge on any atom is -0.489 e. The lowest BCUT2D eigenvalue weighted by Crippen LogP contribution is -2.48. The van der Waals surface area contributed by atoms with Gasteiger partial charge >= 0.3 is 0 Å². The van der Waals surface area contributed by atoms with E-state index in [2.05, 4.69) is 36.1 Å². The zero-order valence-electron chi connectivity index (χ0n) is 17.8. The molecule has 0 aromatic heterocycles. The van der Waals surface area contributed by atoms with Crippen LogP contribution in [0.4, 0.5) is 0 Å². The first kappa shape index (κ1) is 21.4. The molecule has 0 saturated carbocycles. The highest BCUT2D eigenvalue weighted by molar-refractivity contribution is 6.30. The van der Waals surface area contributed by atoms with Crippen molar-refractivity contribution in [1.82, 2.24) is 9.80 Å². The van der Waals surface area contributed by atoms with Crippen LogP contribution in [-0.4, -0.2) is 41.9 Å².